The molecular weight excluding hydrogens is 352 g/mol. The van der Waals surface area contributed by atoms with Crippen molar-refractivity contribution in [2.75, 3.05) is 11.5 Å². The number of aliphatic carboxylic acids is 2. The van der Waals surface area contributed by atoms with Gasteiger partial charge >= 0.3 is 11.9 Å². The summed E-state index contributed by atoms with van der Waals surface area (Å²) in [6.07, 6.45) is 0. The van der Waals surface area contributed by atoms with E-state index in [0.717, 1.165) is 21.6 Å². The zero-order chi connectivity index (χ0) is 17.9. The molecule has 2 rings (SSSR count). The number of carboxylic acid groups (broad SMARTS) is 2. The molecule has 6 nitrogen and oxygen atoms in total. The number of benzene rings is 2. The summed E-state index contributed by atoms with van der Waals surface area (Å²) >= 11 is 2.21. The molecule has 0 radical (unpaired) electrons. The number of aromatic hydroxyl groups is 2. The van der Waals surface area contributed by atoms with E-state index in [-0.39, 0.29) is 23.0 Å². The highest BCUT2D eigenvalue weighted by Gasteiger charge is 2.05. The molecule has 0 saturated heterocycles. The van der Waals surface area contributed by atoms with Crippen LogP contribution in [0.3, 0.4) is 0 Å². The molecule has 0 aromatic heterocycles. The van der Waals surface area contributed by atoms with Crippen molar-refractivity contribution in [1.82, 2.24) is 0 Å². The Bertz CT molecular complexity index is 632. The Morgan fingerprint density at radius 1 is 0.750 bits per heavy atom. The van der Waals surface area contributed by atoms with E-state index < -0.39 is 11.9 Å². The molecular formula is C16H16O6S2. The standard InChI is InChI=1S/C12H10O2S.C4H6O4S/c13-9-5-1-3-7-11(9)15-12-8-4-2-6-10(12)14;5-3(6)1-9-2-4(7)8/h1-8,13-14H;1-2H2,(H,5,6)(H,7,8). The van der Waals surface area contributed by atoms with Gasteiger partial charge in [-0.3, -0.25) is 9.59 Å². The van der Waals surface area contributed by atoms with Gasteiger partial charge in [-0.05, 0) is 24.3 Å². The summed E-state index contributed by atoms with van der Waals surface area (Å²) in [7, 11) is 0. The van der Waals surface area contributed by atoms with Gasteiger partial charge in [0.15, 0.2) is 0 Å². The molecule has 0 aliphatic heterocycles. The molecule has 2 aromatic carbocycles. The summed E-state index contributed by atoms with van der Waals surface area (Å²) in [4.78, 5) is 21.0. The Morgan fingerprint density at radius 3 is 1.46 bits per heavy atom. The number of rotatable bonds is 6. The number of phenols is 2. The number of phenolic OH excluding ortho intramolecular Hbond substituents is 2. The van der Waals surface area contributed by atoms with Crippen LogP contribution < -0.4 is 0 Å². The fourth-order valence-electron chi connectivity index (χ4n) is 1.43. The van der Waals surface area contributed by atoms with Crippen LogP contribution in [0.1, 0.15) is 0 Å². The average Bonchev–Trinajstić information content (AvgIpc) is 2.51. The van der Waals surface area contributed by atoms with Crippen LogP contribution >= 0.6 is 23.5 Å². The van der Waals surface area contributed by atoms with Crippen molar-refractivity contribution in [2.24, 2.45) is 0 Å². The van der Waals surface area contributed by atoms with E-state index in [4.69, 9.17) is 10.2 Å². The summed E-state index contributed by atoms with van der Waals surface area (Å²) < 4.78 is 0. The van der Waals surface area contributed by atoms with Crippen LogP contribution in [-0.2, 0) is 9.59 Å². The van der Waals surface area contributed by atoms with Gasteiger partial charge < -0.3 is 20.4 Å². The lowest BCUT2D eigenvalue weighted by Crippen LogP contribution is -2.03. The molecule has 0 aliphatic rings. The predicted molar refractivity (Wildman–Crippen MR) is 92.9 cm³/mol. The van der Waals surface area contributed by atoms with Crippen LogP contribution in [0.5, 0.6) is 11.5 Å². The van der Waals surface area contributed by atoms with Crippen LogP contribution in [-0.4, -0.2) is 43.9 Å². The smallest absolute Gasteiger partial charge is 0.313 e. The van der Waals surface area contributed by atoms with Gasteiger partial charge in [0.05, 0.1) is 21.3 Å². The molecule has 4 N–H and O–H groups in total. The third-order valence-corrected chi connectivity index (χ3v) is 4.43. The zero-order valence-corrected chi connectivity index (χ0v) is 14.1. The fraction of sp³-hybridized carbons (Fsp3) is 0.125. The second-order valence-electron chi connectivity index (χ2n) is 4.32. The fourth-order valence-corrected chi connectivity index (χ4v) is 2.76. The SMILES string of the molecule is O=C(O)CSCC(=O)O.Oc1ccccc1Sc1ccccc1O. The minimum atomic E-state index is -0.985. The van der Waals surface area contributed by atoms with Gasteiger partial charge in [0, 0.05) is 0 Å². The Hall–Kier alpha value is -2.32. The van der Waals surface area contributed by atoms with E-state index >= 15 is 0 Å². The highest BCUT2D eigenvalue weighted by atomic mass is 32.2. The van der Waals surface area contributed by atoms with Crippen LogP contribution in [0.2, 0.25) is 0 Å². The normalized spacial score (nSPS) is 9.67. The highest BCUT2D eigenvalue weighted by molar-refractivity contribution is 8.00. The van der Waals surface area contributed by atoms with E-state index in [1.54, 1.807) is 24.3 Å². The molecule has 0 spiro atoms. The molecule has 0 bridgehead atoms. The second-order valence-corrected chi connectivity index (χ2v) is 6.39. The van der Waals surface area contributed by atoms with Crippen molar-refractivity contribution >= 4 is 35.5 Å². The first-order valence-corrected chi connectivity index (χ1v) is 8.62. The molecule has 0 atom stereocenters. The van der Waals surface area contributed by atoms with E-state index in [1.807, 2.05) is 24.3 Å². The average molecular weight is 368 g/mol. The number of hydrogen-bond donors (Lipinski definition) is 4. The summed E-state index contributed by atoms with van der Waals surface area (Å²) in [5.74, 6) is -1.81. The van der Waals surface area contributed by atoms with Crippen molar-refractivity contribution < 1.29 is 30.0 Å². The third kappa shape index (κ3) is 7.80. The molecule has 0 fully saturated rings. The number of thioether (sulfide) groups is 1. The molecule has 24 heavy (non-hydrogen) atoms. The van der Waals surface area contributed by atoms with E-state index in [2.05, 4.69) is 0 Å². The maximum Gasteiger partial charge on any atom is 0.313 e. The topological polar surface area (TPSA) is 115 Å². The molecule has 0 unspecified atom stereocenters. The molecule has 128 valence electrons. The van der Waals surface area contributed by atoms with Gasteiger partial charge in [-0.25, -0.2) is 0 Å². The maximum atomic E-state index is 9.77. The van der Waals surface area contributed by atoms with Gasteiger partial charge in [0.25, 0.3) is 0 Å². The predicted octanol–water partition coefficient (Wildman–Crippen LogP) is 3.14. The molecule has 0 aliphatic carbocycles. The van der Waals surface area contributed by atoms with Gasteiger partial charge in [0.2, 0.25) is 0 Å². The lowest BCUT2D eigenvalue weighted by Gasteiger charge is -2.05. The Labute approximate surface area is 147 Å². The first kappa shape index (κ1) is 19.7. The van der Waals surface area contributed by atoms with Gasteiger partial charge in [-0.2, -0.15) is 0 Å². The molecule has 8 heteroatoms. The first-order valence-electron chi connectivity index (χ1n) is 6.65. The number of hydrogen-bond acceptors (Lipinski definition) is 6. The number of carbonyl (C=O) groups is 2. The van der Waals surface area contributed by atoms with Crippen molar-refractivity contribution in [3.8, 4) is 11.5 Å². The summed E-state index contributed by atoms with van der Waals surface area (Å²) in [5.41, 5.74) is 0. The monoisotopic (exact) mass is 368 g/mol. The molecule has 0 amide bonds. The summed E-state index contributed by atoms with van der Waals surface area (Å²) in [6, 6.07) is 14.1. The van der Waals surface area contributed by atoms with Gasteiger partial charge in [-0.1, -0.05) is 36.0 Å². The van der Waals surface area contributed by atoms with Crippen LogP contribution in [0, 0.1) is 0 Å². The van der Waals surface area contributed by atoms with E-state index in [0.29, 0.717) is 0 Å². The van der Waals surface area contributed by atoms with Crippen molar-refractivity contribution in [3.05, 3.63) is 48.5 Å². The Kier molecular flexibility index (Phi) is 8.59. The minimum absolute atomic E-state index is 0.147. The lowest BCUT2D eigenvalue weighted by atomic mass is 10.3. The van der Waals surface area contributed by atoms with Crippen molar-refractivity contribution in [1.29, 1.82) is 0 Å². The minimum Gasteiger partial charge on any atom is -0.507 e. The molecule has 0 heterocycles. The highest BCUT2D eigenvalue weighted by Crippen LogP contribution is 2.37. The summed E-state index contributed by atoms with van der Waals surface area (Å²) in [5, 5.41) is 35.1. The number of carboxylic acids is 2. The van der Waals surface area contributed by atoms with E-state index in [9.17, 15) is 19.8 Å². The van der Waals surface area contributed by atoms with E-state index in [1.165, 1.54) is 11.8 Å². The molecule has 0 saturated carbocycles. The van der Waals surface area contributed by atoms with Crippen molar-refractivity contribution in [2.45, 2.75) is 9.79 Å². The van der Waals surface area contributed by atoms with Gasteiger partial charge in [0.1, 0.15) is 11.5 Å². The van der Waals surface area contributed by atoms with Crippen molar-refractivity contribution in [3.63, 3.8) is 0 Å². The number of para-hydroxylation sites is 2. The second kappa shape index (κ2) is 10.5. The first-order chi connectivity index (χ1) is 11.4. The Balaban J connectivity index is 0.000000277. The summed E-state index contributed by atoms with van der Waals surface area (Å²) in [6.45, 7) is 0. The molecule has 2 aromatic rings. The maximum absolute atomic E-state index is 9.77. The third-order valence-electron chi connectivity index (χ3n) is 2.40. The van der Waals surface area contributed by atoms with Crippen LogP contribution in [0.4, 0.5) is 0 Å². The lowest BCUT2D eigenvalue weighted by molar-refractivity contribution is -0.134. The largest absolute Gasteiger partial charge is 0.507 e. The van der Waals surface area contributed by atoms with Crippen LogP contribution in [0.15, 0.2) is 58.3 Å². The quantitative estimate of drug-likeness (QED) is 0.615. The van der Waals surface area contributed by atoms with Crippen LogP contribution in [0.25, 0.3) is 0 Å². The zero-order valence-electron chi connectivity index (χ0n) is 12.5. The Morgan fingerprint density at radius 2 is 1.12 bits per heavy atom. The van der Waals surface area contributed by atoms with Gasteiger partial charge in [-0.15, -0.1) is 11.8 Å².